The van der Waals surface area contributed by atoms with Crippen molar-refractivity contribution in [2.24, 2.45) is 5.92 Å². The SMILES string of the molecule is CCN(CC)c1nc(N)nc(N2CCCC(COC)C2)n1. The van der Waals surface area contributed by atoms with Crippen LogP contribution in [-0.4, -0.2) is 54.8 Å². The maximum absolute atomic E-state index is 5.87. The van der Waals surface area contributed by atoms with Crippen molar-refractivity contribution < 1.29 is 4.74 Å². The van der Waals surface area contributed by atoms with Crippen molar-refractivity contribution in [3.8, 4) is 0 Å². The number of rotatable bonds is 6. The predicted molar refractivity (Wildman–Crippen MR) is 84.6 cm³/mol. The van der Waals surface area contributed by atoms with E-state index in [2.05, 4.69) is 38.6 Å². The van der Waals surface area contributed by atoms with Crippen LogP contribution in [0.2, 0.25) is 0 Å². The van der Waals surface area contributed by atoms with Crippen molar-refractivity contribution in [1.82, 2.24) is 15.0 Å². The fourth-order valence-electron chi connectivity index (χ4n) is 2.78. The Hall–Kier alpha value is -1.63. The second kappa shape index (κ2) is 7.40. The molecule has 1 atom stereocenters. The fourth-order valence-corrected chi connectivity index (χ4v) is 2.78. The molecule has 21 heavy (non-hydrogen) atoms. The number of anilines is 3. The lowest BCUT2D eigenvalue weighted by molar-refractivity contribution is 0.143. The number of ether oxygens (including phenoxy) is 1. The molecule has 1 aliphatic rings. The minimum absolute atomic E-state index is 0.288. The van der Waals surface area contributed by atoms with E-state index in [4.69, 9.17) is 10.5 Å². The van der Waals surface area contributed by atoms with Gasteiger partial charge in [0.1, 0.15) is 0 Å². The zero-order valence-electron chi connectivity index (χ0n) is 13.2. The molecule has 1 aromatic rings. The summed E-state index contributed by atoms with van der Waals surface area (Å²) in [6.45, 7) is 8.52. The summed E-state index contributed by atoms with van der Waals surface area (Å²) >= 11 is 0. The van der Waals surface area contributed by atoms with E-state index in [-0.39, 0.29) is 5.95 Å². The smallest absolute Gasteiger partial charge is 0.231 e. The molecule has 0 amide bonds. The number of nitrogens with zero attached hydrogens (tertiary/aromatic N) is 5. The lowest BCUT2D eigenvalue weighted by Crippen LogP contribution is -2.38. The Labute approximate surface area is 126 Å². The highest BCUT2D eigenvalue weighted by molar-refractivity contribution is 5.43. The van der Waals surface area contributed by atoms with Crippen molar-refractivity contribution in [2.45, 2.75) is 26.7 Å². The normalized spacial score (nSPS) is 18.8. The highest BCUT2D eigenvalue weighted by Crippen LogP contribution is 2.22. The van der Waals surface area contributed by atoms with E-state index in [1.807, 2.05) is 0 Å². The van der Waals surface area contributed by atoms with Crippen molar-refractivity contribution in [3.05, 3.63) is 0 Å². The van der Waals surface area contributed by atoms with Crippen LogP contribution in [-0.2, 0) is 4.74 Å². The van der Waals surface area contributed by atoms with Gasteiger partial charge in [-0.25, -0.2) is 0 Å². The Balaban J connectivity index is 2.18. The van der Waals surface area contributed by atoms with Gasteiger partial charge in [-0.1, -0.05) is 0 Å². The number of nitrogens with two attached hydrogens (primary N) is 1. The third-order valence-electron chi connectivity index (χ3n) is 3.88. The molecule has 1 unspecified atom stereocenters. The first-order valence-corrected chi connectivity index (χ1v) is 7.68. The van der Waals surface area contributed by atoms with Gasteiger partial charge in [0.2, 0.25) is 17.8 Å². The van der Waals surface area contributed by atoms with Crippen LogP contribution in [0, 0.1) is 5.92 Å². The van der Waals surface area contributed by atoms with Crippen LogP contribution in [0.15, 0.2) is 0 Å². The molecule has 7 heteroatoms. The maximum atomic E-state index is 5.87. The summed E-state index contributed by atoms with van der Waals surface area (Å²) in [6.07, 6.45) is 2.31. The zero-order chi connectivity index (χ0) is 15.2. The van der Waals surface area contributed by atoms with Gasteiger partial charge in [0.15, 0.2) is 0 Å². The van der Waals surface area contributed by atoms with Crippen molar-refractivity contribution in [2.75, 3.05) is 55.4 Å². The molecular formula is C14H26N6O. The Morgan fingerprint density at radius 3 is 2.71 bits per heavy atom. The van der Waals surface area contributed by atoms with E-state index in [1.165, 1.54) is 6.42 Å². The van der Waals surface area contributed by atoms with Gasteiger partial charge in [0, 0.05) is 33.3 Å². The second-order valence-corrected chi connectivity index (χ2v) is 5.38. The van der Waals surface area contributed by atoms with Gasteiger partial charge < -0.3 is 20.3 Å². The number of hydrogen-bond donors (Lipinski definition) is 1. The largest absolute Gasteiger partial charge is 0.384 e. The highest BCUT2D eigenvalue weighted by atomic mass is 16.5. The van der Waals surface area contributed by atoms with Gasteiger partial charge in [0.25, 0.3) is 0 Å². The second-order valence-electron chi connectivity index (χ2n) is 5.38. The zero-order valence-corrected chi connectivity index (χ0v) is 13.2. The van der Waals surface area contributed by atoms with Gasteiger partial charge in [-0.05, 0) is 32.6 Å². The molecule has 2 heterocycles. The maximum Gasteiger partial charge on any atom is 0.231 e. The molecule has 1 aromatic heterocycles. The lowest BCUT2D eigenvalue weighted by atomic mass is 9.99. The van der Waals surface area contributed by atoms with Crippen LogP contribution >= 0.6 is 0 Å². The minimum Gasteiger partial charge on any atom is -0.384 e. The van der Waals surface area contributed by atoms with E-state index in [0.717, 1.165) is 39.2 Å². The molecule has 7 nitrogen and oxygen atoms in total. The molecule has 2 N–H and O–H groups in total. The van der Waals surface area contributed by atoms with Crippen LogP contribution in [0.5, 0.6) is 0 Å². The fraction of sp³-hybridized carbons (Fsp3) is 0.786. The summed E-state index contributed by atoms with van der Waals surface area (Å²) in [5, 5.41) is 0. The van der Waals surface area contributed by atoms with Gasteiger partial charge in [-0.2, -0.15) is 15.0 Å². The van der Waals surface area contributed by atoms with Gasteiger partial charge in [-0.15, -0.1) is 0 Å². The van der Waals surface area contributed by atoms with E-state index >= 15 is 0 Å². The monoisotopic (exact) mass is 294 g/mol. The number of hydrogen-bond acceptors (Lipinski definition) is 7. The molecule has 0 saturated carbocycles. The number of methoxy groups -OCH3 is 1. The van der Waals surface area contributed by atoms with Gasteiger partial charge in [-0.3, -0.25) is 0 Å². The third-order valence-corrected chi connectivity index (χ3v) is 3.88. The minimum atomic E-state index is 0.288. The molecule has 118 valence electrons. The average molecular weight is 294 g/mol. The summed E-state index contributed by atoms with van der Waals surface area (Å²) in [4.78, 5) is 17.5. The molecule has 2 rings (SSSR count). The topological polar surface area (TPSA) is 80.4 Å². The summed E-state index contributed by atoms with van der Waals surface area (Å²) in [7, 11) is 1.75. The first kappa shape index (κ1) is 15.8. The van der Waals surface area contributed by atoms with Crippen LogP contribution < -0.4 is 15.5 Å². The van der Waals surface area contributed by atoms with Crippen LogP contribution in [0.25, 0.3) is 0 Å². The highest BCUT2D eigenvalue weighted by Gasteiger charge is 2.23. The van der Waals surface area contributed by atoms with Crippen molar-refractivity contribution in [3.63, 3.8) is 0 Å². The van der Waals surface area contributed by atoms with Gasteiger partial charge in [0.05, 0.1) is 6.61 Å². The van der Waals surface area contributed by atoms with Crippen molar-refractivity contribution in [1.29, 1.82) is 0 Å². The lowest BCUT2D eigenvalue weighted by Gasteiger charge is -2.32. The number of aromatic nitrogens is 3. The molecule has 0 spiro atoms. The number of piperidine rings is 1. The molecule has 0 aliphatic carbocycles. The molecule has 0 aromatic carbocycles. The van der Waals surface area contributed by atoms with Crippen LogP contribution in [0.3, 0.4) is 0 Å². The first-order chi connectivity index (χ1) is 10.2. The van der Waals surface area contributed by atoms with Crippen LogP contribution in [0.4, 0.5) is 17.8 Å². The molecule has 0 bridgehead atoms. The Kier molecular flexibility index (Phi) is 5.55. The van der Waals surface area contributed by atoms with E-state index in [9.17, 15) is 0 Å². The molecular weight excluding hydrogens is 268 g/mol. The van der Waals surface area contributed by atoms with Gasteiger partial charge >= 0.3 is 0 Å². The summed E-state index contributed by atoms with van der Waals surface area (Å²) < 4.78 is 5.27. The molecule has 1 fully saturated rings. The average Bonchev–Trinajstić information content (AvgIpc) is 2.49. The molecule has 1 aliphatic heterocycles. The summed E-state index contributed by atoms with van der Waals surface area (Å²) in [6, 6.07) is 0. The summed E-state index contributed by atoms with van der Waals surface area (Å²) in [5.74, 6) is 2.16. The van der Waals surface area contributed by atoms with E-state index < -0.39 is 0 Å². The Morgan fingerprint density at radius 2 is 2.05 bits per heavy atom. The van der Waals surface area contributed by atoms with E-state index in [0.29, 0.717) is 17.8 Å². The summed E-state index contributed by atoms with van der Waals surface area (Å²) in [5.41, 5.74) is 5.87. The van der Waals surface area contributed by atoms with E-state index in [1.54, 1.807) is 7.11 Å². The predicted octanol–water partition coefficient (Wildman–Crippen LogP) is 1.16. The Bertz CT molecular complexity index is 449. The van der Waals surface area contributed by atoms with Crippen LogP contribution in [0.1, 0.15) is 26.7 Å². The Morgan fingerprint density at radius 1 is 1.29 bits per heavy atom. The quantitative estimate of drug-likeness (QED) is 0.843. The third kappa shape index (κ3) is 3.93. The van der Waals surface area contributed by atoms with Crippen molar-refractivity contribution >= 4 is 17.8 Å². The first-order valence-electron chi connectivity index (χ1n) is 7.68. The molecule has 1 saturated heterocycles. The standard InChI is InChI=1S/C14H26N6O/c1-4-19(5-2)13-16-12(15)17-14(18-13)20-8-6-7-11(9-20)10-21-3/h11H,4-10H2,1-3H3,(H2,15,16,17,18). The number of nitrogen functional groups attached to an aromatic ring is 1. The molecule has 0 radical (unpaired) electrons.